The van der Waals surface area contributed by atoms with Gasteiger partial charge in [-0.3, -0.25) is 4.68 Å². The molecule has 0 aromatic carbocycles. The number of imidazole rings is 1. The van der Waals surface area contributed by atoms with E-state index in [0.29, 0.717) is 17.1 Å². The molecule has 0 saturated heterocycles. The van der Waals surface area contributed by atoms with Gasteiger partial charge in [0.25, 0.3) is 0 Å². The Morgan fingerprint density at radius 3 is 2.76 bits per heavy atom. The predicted molar refractivity (Wildman–Crippen MR) is 55.2 cm³/mol. The zero-order valence-corrected chi connectivity index (χ0v) is 9.12. The fraction of sp³-hybridized carbons (Fsp3) is 0.400. The topological polar surface area (TPSA) is 46.5 Å². The Kier molecular flexibility index (Phi) is 2.91. The molecule has 0 atom stereocenters. The molecule has 2 aromatic heterocycles. The molecule has 17 heavy (non-hydrogen) atoms. The van der Waals surface area contributed by atoms with Crippen molar-refractivity contribution in [3.8, 4) is 11.4 Å². The Morgan fingerprint density at radius 1 is 1.41 bits per heavy atom. The highest BCUT2D eigenvalue weighted by atomic mass is 19.4. The number of aromatic amines is 1. The molecule has 0 saturated carbocycles. The van der Waals surface area contributed by atoms with Crippen molar-refractivity contribution in [2.45, 2.75) is 26.1 Å². The SMILES string of the molecule is Cc1cc(-c2cnc[nH]2)n(CCC(F)(F)F)n1. The number of aryl methyl sites for hydroxylation is 2. The normalized spacial score (nSPS) is 12.0. The number of hydrogen-bond acceptors (Lipinski definition) is 2. The van der Waals surface area contributed by atoms with Crippen LogP contribution in [0.3, 0.4) is 0 Å². The van der Waals surface area contributed by atoms with Crippen LogP contribution in [0.4, 0.5) is 13.2 Å². The van der Waals surface area contributed by atoms with Gasteiger partial charge in [-0.2, -0.15) is 18.3 Å². The fourth-order valence-corrected chi connectivity index (χ4v) is 1.56. The molecule has 4 nitrogen and oxygen atoms in total. The van der Waals surface area contributed by atoms with Gasteiger partial charge in [0, 0.05) is 0 Å². The van der Waals surface area contributed by atoms with Crippen molar-refractivity contribution in [2.24, 2.45) is 0 Å². The molecule has 2 heterocycles. The van der Waals surface area contributed by atoms with E-state index >= 15 is 0 Å². The molecule has 0 unspecified atom stereocenters. The number of nitrogens with one attached hydrogen (secondary N) is 1. The summed E-state index contributed by atoms with van der Waals surface area (Å²) < 4.78 is 37.8. The fourth-order valence-electron chi connectivity index (χ4n) is 1.56. The third kappa shape index (κ3) is 2.86. The lowest BCUT2D eigenvalue weighted by atomic mass is 10.3. The summed E-state index contributed by atoms with van der Waals surface area (Å²) in [5, 5.41) is 4.04. The van der Waals surface area contributed by atoms with Crippen LogP contribution in [0.2, 0.25) is 0 Å². The molecule has 1 N–H and O–H groups in total. The number of H-pyrrole nitrogens is 1. The summed E-state index contributed by atoms with van der Waals surface area (Å²) >= 11 is 0. The number of hydrogen-bond donors (Lipinski definition) is 1. The molecule has 0 amide bonds. The van der Waals surface area contributed by atoms with E-state index in [0.717, 1.165) is 0 Å². The van der Waals surface area contributed by atoms with Gasteiger partial charge in [-0.1, -0.05) is 0 Å². The van der Waals surface area contributed by atoms with E-state index in [4.69, 9.17) is 0 Å². The maximum atomic E-state index is 12.2. The largest absolute Gasteiger partial charge is 0.390 e. The molecule has 0 aliphatic rings. The first-order valence-corrected chi connectivity index (χ1v) is 5.06. The summed E-state index contributed by atoms with van der Waals surface area (Å²) in [6, 6.07) is 1.73. The first-order chi connectivity index (χ1) is 7.96. The molecule has 2 rings (SSSR count). The van der Waals surface area contributed by atoms with Crippen molar-refractivity contribution >= 4 is 0 Å². The summed E-state index contributed by atoms with van der Waals surface area (Å²) in [4.78, 5) is 6.69. The van der Waals surface area contributed by atoms with Crippen LogP contribution in [-0.4, -0.2) is 25.9 Å². The second kappa shape index (κ2) is 4.23. The molecule has 0 aliphatic carbocycles. The number of aromatic nitrogens is 4. The van der Waals surface area contributed by atoms with Gasteiger partial charge < -0.3 is 4.98 Å². The maximum Gasteiger partial charge on any atom is 0.390 e. The van der Waals surface area contributed by atoms with Crippen LogP contribution in [0.25, 0.3) is 11.4 Å². The number of halogens is 3. The summed E-state index contributed by atoms with van der Waals surface area (Å²) in [6.07, 6.45) is -2.04. The highest BCUT2D eigenvalue weighted by Gasteiger charge is 2.27. The summed E-state index contributed by atoms with van der Waals surface area (Å²) in [7, 11) is 0. The molecule has 0 bridgehead atoms. The van der Waals surface area contributed by atoms with E-state index in [-0.39, 0.29) is 6.54 Å². The summed E-state index contributed by atoms with van der Waals surface area (Å²) in [5.74, 6) is 0. The van der Waals surface area contributed by atoms with Crippen molar-refractivity contribution in [2.75, 3.05) is 0 Å². The summed E-state index contributed by atoms with van der Waals surface area (Å²) in [6.45, 7) is 1.55. The Labute approximate surface area is 95.5 Å². The monoisotopic (exact) mass is 244 g/mol. The van der Waals surface area contributed by atoms with E-state index in [1.54, 1.807) is 19.2 Å². The second-order valence-corrected chi connectivity index (χ2v) is 3.72. The zero-order valence-electron chi connectivity index (χ0n) is 9.12. The van der Waals surface area contributed by atoms with Gasteiger partial charge >= 0.3 is 6.18 Å². The minimum Gasteiger partial charge on any atom is -0.343 e. The third-order valence-electron chi connectivity index (χ3n) is 2.28. The van der Waals surface area contributed by atoms with Crippen LogP contribution in [0.15, 0.2) is 18.6 Å². The van der Waals surface area contributed by atoms with Crippen LogP contribution in [0, 0.1) is 6.92 Å². The van der Waals surface area contributed by atoms with E-state index in [1.807, 2.05) is 0 Å². The van der Waals surface area contributed by atoms with Gasteiger partial charge in [-0.25, -0.2) is 4.98 Å². The van der Waals surface area contributed by atoms with Gasteiger partial charge in [0.1, 0.15) is 0 Å². The molecular weight excluding hydrogens is 233 g/mol. The third-order valence-corrected chi connectivity index (χ3v) is 2.28. The Balaban J connectivity index is 2.23. The van der Waals surface area contributed by atoms with Crippen molar-refractivity contribution in [3.63, 3.8) is 0 Å². The average Bonchev–Trinajstić information content (AvgIpc) is 2.81. The predicted octanol–water partition coefficient (Wildman–Crippen LogP) is 2.53. The van der Waals surface area contributed by atoms with Crippen LogP contribution in [-0.2, 0) is 6.54 Å². The van der Waals surface area contributed by atoms with E-state index in [1.165, 1.54) is 11.0 Å². The molecule has 92 valence electrons. The molecule has 7 heteroatoms. The number of nitrogens with zero attached hydrogens (tertiary/aromatic N) is 3. The van der Waals surface area contributed by atoms with Gasteiger partial charge in [0.05, 0.1) is 42.6 Å². The number of rotatable bonds is 3. The average molecular weight is 244 g/mol. The second-order valence-electron chi connectivity index (χ2n) is 3.72. The van der Waals surface area contributed by atoms with Crippen molar-refractivity contribution < 1.29 is 13.2 Å². The number of alkyl halides is 3. The van der Waals surface area contributed by atoms with E-state index < -0.39 is 12.6 Å². The first kappa shape index (κ1) is 11.7. The smallest absolute Gasteiger partial charge is 0.343 e. The highest BCUT2D eigenvalue weighted by molar-refractivity contribution is 5.53. The van der Waals surface area contributed by atoms with Gasteiger partial charge in [-0.05, 0) is 13.0 Å². The molecular formula is C10H11F3N4. The molecule has 0 aliphatic heterocycles. The Hall–Kier alpha value is -1.79. The minimum absolute atomic E-state index is 0.189. The van der Waals surface area contributed by atoms with Crippen LogP contribution in [0.5, 0.6) is 0 Å². The Bertz CT molecular complexity index is 484. The van der Waals surface area contributed by atoms with Crippen LogP contribution in [0.1, 0.15) is 12.1 Å². The molecule has 0 spiro atoms. The van der Waals surface area contributed by atoms with Gasteiger partial charge in [0.2, 0.25) is 0 Å². The van der Waals surface area contributed by atoms with Crippen molar-refractivity contribution in [3.05, 3.63) is 24.3 Å². The lowest BCUT2D eigenvalue weighted by Crippen LogP contribution is -2.13. The minimum atomic E-state index is -4.18. The van der Waals surface area contributed by atoms with Gasteiger partial charge in [0.15, 0.2) is 0 Å². The van der Waals surface area contributed by atoms with Crippen LogP contribution < -0.4 is 0 Å². The lowest BCUT2D eigenvalue weighted by Gasteiger charge is -2.08. The zero-order chi connectivity index (χ0) is 12.5. The quantitative estimate of drug-likeness (QED) is 0.901. The summed E-state index contributed by atoms with van der Waals surface area (Å²) in [5.41, 5.74) is 1.95. The molecule has 0 radical (unpaired) electrons. The molecule has 2 aromatic rings. The van der Waals surface area contributed by atoms with Crippen molar-refractivity contribution in [1.82, 2.24) is 19.7 Å². The first-order valence-electron chi connectivity index (χ1n) is 5.06. The Morgan fingerprint density at radius 2 is 2.18 bits per heavy atom. The van der Waals surface area contributed by atoms with E-state index in [2.05, 4.69) is 15.1 Å². The highest BCUT2D eigenvalue weighted by Crippen LogP contribution is 2.23. The van der Waals surface area contributed by atoms with E-state index in [9.17, 15) is 13.2 Å². The van der Waals surface area contributed by atoms with Gasteiger partial charge in [-0.15, -0.1) is 0 Å². The van der Waals surface area contributed by atoms with Crippen LogP contribution >= 0.6 is 0 Å². The maximum absolute atomic E-state index is 12.2. The lowest BCUT2D eigenvalue weighted by molar-refractivity contribution is -0.137. The standard InChI is InChI=1S/C10H11F3N4/c1-7-4-9(8-5-14-6-15-8)17(16-7)3-2-10(11,12)13/h4-6H,2-3H2,1H3,(H,14,15). The van der Waals surface area contributed by atoms with Crippen molar-refractivity contribution in [1.29, 1.82) is 0 Å². The molecule has 0 fully saturated rings.